The first-order chi connectivity index (χ1) is 11.3. The number of hydrogen-bond donors (Lipinski definition) is 2. The van der Waals surface area contributed by atoms with Gasteiger partial charge in [0.05, 0.1) is 19.5 Å². The van der Waals surface area contributed by atoms with E-state index in [0.717, 1.165) is 75.2 Å². The standard InChI is InChI=1S/C15H23N7O/c1-21-4-2-11(3-5-21)18-14-12-13(17-10-16-12)19-15(20-14)22-6-8-23-9-7-22/h10-11H,2-9H2,1H3,(H2,16,17,18,19,20). The van der Waals surface area contributed by atoms with Gasteiger partial charge in [-0.15, -0.1) is 0 Å². The molecular formula is C15H23N7O. The van der Waals surface area contributed by atoms with E-state index in [1.807, 2.05) is 0 Å². The van der Waals surface area contributed by atoms with Gasteiger partial charge in [0.2, 0.25) is 5.95 Å². The van der Waals surface area contributed by atoms with Crippen LogP contribution in [0.2, 0.25) is 0 Å². The lowest BCUT2D eigenvalue weighted by molar-refractivity contribution is 0.122. The Kier molecular flexibility index (Phi) is 4.00. The minimum atomic E-state index is 0.443. The third-order valence-corrected chi connectivity index (χ3v) is 4.62. The minimum absolute atomic E-state index is 0.443. The number of H-pyrrole nitrogens is 1. The highest BCUT2D eigenvalue weighted by Crippen LogP contribution is 2.23. The average Bonchev–Trinajstić information content (AvgIpc) is 3.06. The first-order valence-corrected chi connectivity index (χ1v) is 8.28. The highest BCUT2D eigenvalue weighted by atomic mass is 16.5. The monoisotopic (exact) mass is 317 g/mol. The number of piperidine rings is 1. The van der Waals surface area contributed by atoms with Crippen molar-refractivity contribution in [3.05, 3.63) is 6.33 Å². The SMILES string of the molecule is CN1CCC(Nc2nc(N3CCOCC3)nc3[nH]cnc23)CC1. The maximum Gasteiger partial charge on any atom is 0.229 e. The van der Waals surface area contributed by atoms with Crippen LogP contribution in [0.4, 0.5) is 11.8 Å². The fourth-order valence-electron chi connectivity index (χ4n) is 3.18. The van der Waals surface area contributed by atoms with Crippen molar-refractivity contribution in [2.45, 2.75) is 18.9 Å². The molecule has 0 amide bonds. The van der Waals surface area contributed by atoms with Gasteiger partial charge in [0.25, 0.3) is 0 Å². The highest BCUT2D eigenvalue weighted by Gasteiger charge is 2.21. The van der Waals surface area contributed by atoms with Crippen LogP contribution in [0.25, 0.3) is 11.2 Å². The molecule has 0 bridgehead atoms. The molecule has 2 aromatic heterocycles. The fraction of sp³-hybridized carbons (Fsp3) is 0.667. The summed E-state index contributed by atoms with van der Waals surface area (Å²) in [5.74, 6) is 1.59. The number of hydrogen-bond acceptors (Lipinski definition) is 7. The lowest BCUT2D eigenvalue weighted by Crippen LogP contribution is -2.38. The summed E-state index contributed by atoms with van der Waals surface area (Å²) in [5, 5.41) is 3.59. The molecule has 8 nitrogen and oxygen atoms in total. The highest BCUT2D eigenvalue weighted by molar-refractivity contribution is 5.83. The topological polar surface area (TPSA) is 82.2 Å². The summed E-state index contributed by atoms with van der Waals surface area (Å²) in [6.45, 7) is 5.33. The van der Waals surface area contributed by atoms with Crippen molar-refractivity contribution in [2.24, 2.45) is 0 Å². The van der Waals surface area contributed by atoms with Crippen LogP contribution >= 0.6 is 0 Å². The Morgan fingerprint density at radius 1 is 1.17 bits per heavy atom. The largest absolute Gasteiger partial charge is 0.378 e. The molecule has 2 saturated heterocycles. The Labute approximate surface area is 135 Å². The number of imidazole rings is 1. The van der Waals surface area contributed by atoms with E-state index in [4.69, 9.17) is 9.72 Å². The molecule has 2 aliphatic rings. The van der Waals surface area contributed by atoms with Gasteiger partial charge in [0.1, 0.15) is 5.52 Å². The molecule has 2 fully saturated rings. The predicted octanol–water partition coefficient (Wildman–Crippen LogP) is 0.696. The zero-order chi connectivity index (χ0) is 15.6. The second-order valence-corrected chi connectivity index (χ2v) is 6.29. The zero-order valence-electron chi connectivity index (χ0n) is 13.5. The Morgan fingerprint density at radius 2 is 1.96 bits per heavy atom. The summed E-state index contributed by atoms with van der Waals surface area (Å²) in [5.41, 5.74) is 1.61. The molecule has 0 saturated carbocycles. The summed E-state index contributed by atoms with van der Waals surface area (Å²) in [4.78, 5) is 21.4. The van der Waals surface area contributed by atoms with Crippen LogP contribution < -0.4 is 10.2 Å². The molecule has 0 aromatic carbocycles. The lowest BCUT2D eigenvalue weighted by atomic mass is 10.1. The Bertz CT molecular complexity index is 659. The van der Waals surface area contributed by atoms with E-state index >= 15 is 0 Å². The zero-order valence-corrected chi connectivity index (χ0v) is 13.5. The molecule has 4 heterocycles. The molecule has 2 aromatic rings. The van der Waals surface area contributed by atoms with Gasteiger partial charge in [-0.2, -0.15) is 9.97 Å². The van der Waals surface area contributed by atoms with E-state index in [1.54, 1.807) is 6.33 Å². The maximum absolute atomic E-state index is 5.42. The van der Waals surface area contributed by atoms with Gasteiger partial charge in [-0.3, -0.25) is 0 Å². The Balaban J connectivity index is 1.60. The van der Waals surface area contributed by atoms with Crippen molar-refractivity contribution in [3.8, 4) is 0 Å². The summed E-state index contributed by atoms with van der Waals surface area (Å²) in [7, 11) is 2.17. The molecule has 8 heteroatoms. The second-order valence-electron chi connectivity index (χ2n) is 6.29. The van der Waals surface area contributed by atoms with E-state index in [2.05, 4.69) is 37.1 Å². The smallest absolute Gasteiger partial charge is 0.229 e. The van der Waals surface area contributed by atoms with Gasteiger partial charge < -0.3 is 24.8 Å². The molecule has 0 atom stereocenters. The molecule has 0 radical (unpaired) electrons. The number of nitrogens with zero attached hydrogens (tertiary/aromatic N) is 5. The number of aromatic amines is 1. The molecule has 0 spiro atoms. The van der Waals surface area contributed by atoms with Crippen molar-refractivity contribution < 1.29 is 4.74 Å². The van der Waals surface area contributed by atoms with E-state index in [0.29, 0.717) is 6.04 Å². The molecular weight excluding hydrogens is 294 g/mol. The lowest BCUT2D eigenvalue weighted by Gasteiger charge is -2.30. The van der Waals surface area contributed by atoms with Crippen molar-refractivity contribution in [2.75, 3.05) is 56.7 Å². The van der Waals surface area contributed by atoms with Gasteiger partial charge in [0.15, 0.2) is 11.5 Å². The number of rotatable bonds is 3. The third kappa shape index (κ3) is 3.09. The van der Waals surface area contributed by atoms with E-state index in [-0.39, 0.29) is 0 Å². The van der Waals surface area contributed by atoms with Gasteiger partial charge in [0, 0.05) is 19.1 Å². The third-order valence-electron chi connectivity index (χ3n) is 4.62. The van der Waals surface area contributed by atoms with Gasteiger partial charge in [-0.25, -0.2) is 4.98 Å². The van der Waals surface area contributed by atoms with Gasteiger partial charge >= 0.3 is 0 Å². The van der Waals surface area contributed by atoms with Crippen molar-refractivity contribution in [3.63, 3.8) is 0 Å². The van der Waals surface area contributed by atoms with Crippen molar-refractivity contribution >= 4 is 22.9 Å². The number of morpholine rings is 1. The summed E-state index contributed by atoms with van der Waals surface area (Å²) in [6.07, 6.45) is 3.93. The average molecular weight is 317 g/mol. The van der Waals surface area contributed by atoms with Crippen LogP contribution in [0, 0.1) is 0 Å². The molecule has 2 aliphatic heterocycles. The maximum atomic E-state index is 5.42. The number of nitrogens with one attached hydrogen (secondary N) is 2. The Hall–Kier alpha value is -1.93. The summed E-state index contributed by atoms with van der Waals surface area (Å²) in [6, 6.07) is 0.443. The van der Waals surface area contributed by atoms with Crippen LogP contribution in [-0.4, -0.2) is 77.3 Å². The quantitative estimate of drug-likeness (QED) is 0.862. The Morgan fingerprint density at radius 3 is 2.74 bits per heavy atom. The minimum Gasteiger partial charge on any atom is -0.378 e. The molecule has 0 unspecified atom stereocenters. The van der Waals surface area contributed by atoms with Crippen molar-refractivity contribution in [1.82, 2.24) is 24.8 Å². The molecule has 23 heavy (non-hydrogen) atoms. The van der Waals surface area contributed by atoms with Crippen molar-refractivity contribution in [1.29, 1.82) is 0 Å². The fourth-order valence-corrected chi connectivity index (χ4v) is 3.18. The number of fused-ring (bicyclic) bond motifs is 1. The molecule has 124 valence electrons. The van der Waals surface area contributed by atoms with Crippen LogP contribution in [0.5, 0.6) is 0 Å². The second kappa shape index (κ2) is 6.29. The van der Waals surface area contributed by atoms with Crippen LogP contribution in [-0.2, 0) is 4.74 Å². The van der Waals surface area contributed by atoms with Crippen LogP contribution in [0.1, 0.15) is 12.8 Å². The molecule has 4 rings (SSSR count). The van der Waals surface area contributed by atoms with Gasteiger partial charge in [-0.05, 0) is 33.0 Å². The van der Waals surface area contributed by atoms with E-state index in [1.165, 1.54) is 0 Å². The first kappa shape index (κ1) is 14.6. The molecule has 2 N–H and O–H groups in total. The summed E-state index contributed by atoms with van der Waals surface area (Å²) >= 11 is 0. The van der Waals surface area contributed by atoms with Gasteiger partial charge in [-0.1, -0.05) is 0 Å². The summed E-state index contributed by atoms with van der Waals surface area (Å²) < 4.78 is 5.42. The number of ether oxygens (including phenoxy) is 1. The number of aromatic nitrogens is 4. The number of likely N-dealkylation sites (tertiary alicyclic amines) is 1. The molecule has 0 aliphatic carbocycles. The van der Waals surface area contributed by atoms with Crippen LogP contribution in [0.15, 0.2) is 6.33 Å². The first-order valence-electron chi connectivity index (χ1n) is 8.28. The van der Waals surface area contributed by atoms with E-state index in [9.17, 15) is 0 Å². The number of anilines is 2. The van der Waals surface area contributed by atoms with Crippen LogP contribution in [0.3, 0.4) is 0 Å². The predicted molar refractivity (Wildman–Crippen MR) is 88.9 cm³/mol. The normalized spacial score (nSPS) is 21.0. The van der Waals surface area contributed by atoms with E-state index < -0.39 is 0 Å².